The van der Waals surface area contributed by atoms with Crippen molar-refractivity contribution in [1.82, 2.24) is 14.6 Å². The number of aryl methyl sites for hydroxylation is 1. The van der Waals surface area contributed by atoms with E-state index in [0.717, 1.165) is 37.7 Å². The summed E-state index contributed by atoms with van der Waals surface area (Å²) in [6, 6.07) is 1.65. The second kappa shape index (κ2) is 8.04. The minimum atomic E-state index is -4.74. The van der Waals surface area contributed by atoms with Crippen LogP contribution in [0, 0.1) is 18.3 Å². The predicted octanol–water partition coefficient (Wildman–Crippen LogP) is 3.17. The Morgan fingerprint density at radius 1 is 1.23 bits per heavy atom. The SMILES string of the molecule is Cc1nc2c(C#N)c(C(F)(F)F)nn2c(N2CC(OCCO)C2)c1C1CCCCC1. The molecule has 10 heteroatoms. The van der Waals surface area contributed by atoms with E-state index in [1.165, 1.54) is 4.52 Å². The second-order valence-electron chi connectivity index (χ2n) is 7.96. The normalized spacial score (nSPS) is 18.6. The molecule has 2 aromatic heterocycles. The lowest BCUT2D eigenvalue weighted by molar-refractivity contribution is -0.141. The number of alkyl halides is 3. The predicted molar refractivity (Wildman–Crippen MR) is 102 cm³/mol. The van der Waals surface area contributed by atoms with Crippen LogP contribution in [0.3, 0.4) is 0 Å². The molecule has 2 aliphatic rings. The summed E-state index contributed by atoms with van der Waals surface area (Å²) in [5, 5.41) is 22.2. The van der Waals surface area contributed by atoms with E-state index >= 15 is 0 Å². The number of ether oxygens (including phenoxy) is 1. The third-order valence-electron chi connectivity index (χ3n) is 5.95. The molecule has 1 N–H and O–H groups in total. The third kappa shape index (κ3) is 3.61. The molecule has 0 amide bonds. The lowest BCUT2D eigenvalue weighted by atomic mass is 9.83. The number of hydrogen-bond donors (Lipinski definition) is 1. The summed E-state index contributed by atoms with van der Waals surface area (Å²) in [4.78, 5) is 6.36. The molecule has 0 atom stereocenters. The van der Waals surface area contributed by atoms with E-state index in [0.29, 0.717) is 24.6 Å². The molecule has 1 aliphatic carbocycles. The Hall–Kier alpha value is -2.38. The summed E-state index contributed by atoms with van der Waals surface area (Å²) in [6.07, 6.45) is 0.361. The number of nitrogens with zero attached hydrogens (tertiary/aromatic N) is 5. The number of halogens is 3. The first-order chi connectivity index (χ1) is 14.3. The molecule has 0 spiro atoms. The summed E-state index contributed by atoms with van der Waals surface area (Å²) < 4.78 is 47.4. The summed E-state index contributed by atoms with van der Waals surface area (Å²) in [5.41, 5.74) is -0.238. The van der Waals surface area contributed by atoms with Gasteiger partial charge in [-0.2, -0.15) is 28.0 Å². The van der Waals surface area contributed by atoms with Crippen molar-refractivity contribution >= 4 is 11.5 Å². The second-order valence-corrected chi connectivity index (χ2v) is 7.96. The lowest BCUT2D eigenvalue weighted by Gasteiger charge is -2.42. The van der Waals surface area contributed by atoms with E-state index in [2.05, 4.69) is 10.1 Å². The highest BCUT2D eigenvalue weighted by Gasteiger charge is 2.41. The number of anilines is 1. The van der Waals surface area contributed by atoms with Gasteiger partial charge in [-0.25, -0.2) is 4.98 Å². The van der Waals surface area contributed by atoms with Gasteiger partial charge in [0.15, 0.2) is 11.3 Å². The summed E-state index contributed by atoms with van der Waals surface area (Å²) >= 11 is 0. The number of aromatic nitrogens is 3. The Morgan fingerprint density at radius 2 is 1.93 bits per heavy atom. The Bertz CT molecular complexity index is 970. The molecule has 0 bridgehead atoms. The number of aliphatic hydroxyl groups excluding tert-OH is 1. The fourth-order valence-electron chi connectivity index (χ4n) is 4.57. The van der Waals surface area contributed by atoms with Crippen LogP contribution in [-0.4, -0.2) is 52.1 Å². The van der Waals surface area contributed by atoms with Crippen molar-refractivity contribution in [3.8, 4) is 6.07 Å². The quantitative estimate of drug-likeness (QED) is 0.795. The maximum Gasteiger partial charge on any atom is 0.436 e. The average molecular weight is 423 g/mol. The van der Waals surface area contributed by atoms with Gasteiger partial charge in [-0.05, 0) is 25.7 Å². The van der Waals surface area contributed by atoms with Crippen LogP contribution in [0.5, 0.6) is 0 Å². The van der Waals surface area contributed by atoms with E-state index in [1.54, 1.807) is 13.0 Å². The van der Waals surface area contributed by atoms with Gasteiger partial charge in [0.2, 0.25) is 0 Å². The van der Waals surface area contributed by atoms with Gasteiger partial charge in [0.1, 0.15) is 17.5 Å². The summed E-state index contributed by atoms with van der Waals surface area (Å²) in [5.74, 6) is 0.785. The van der Waals surface area contributed by atoms with Gasteiger partial charge in [-0.15, -0.1) is 0 Å². The fourth-order valence-corrected chi connectivity index (χ4v) is 4.57. The fraction of sp³-hybridized carbons (Fsp3) is 0.650. The van der Waals surface area contributed by atoms with Gasteiger partial charge in [0.25, 0.3) is 0 Å². The zero-order valence-corrected chi connectivity index (χ0v) is 16.7. The topological polar surface area (TPSA) is 86.7 Å². The maximum absolute atomic E-state index is 13.5. The van der Waals surface area contributed by atoms with Crippen molar-refractivity contribution in [2.24, 2.45) is 0 Å². The highest BCUT2D eigenvalue weighted by molar-refractivity contribution is 5.66. The minimum absolute atomic E-state index is 0.0587. The zero-order valence-electron chi connectivity index (χ0n) is 16.7. The first kappa shape index (κ1) is 20.9. The number of fused-ring (bicyclic) bond motifs is 1. The van der Waals surface area contributed by atoms with Gasteiger partial charge in [0.05, 0.1) is 19.3 Å². The molecule has 2 aromatic rings. The minimum Gasteiger partial charge on any atom is -0.394 e. The van der Waals surface area contributed by atoms with Crippen molar-refractivity contribution < 1.29 is 23.0 Å². The van der Waals surface area contributed by atoms with E-state index < -0.39 is 17.4 Å². The van der Waals surface area contributed by atoms with E-state index in [4.69, 9.17) is 9.84 Å². The molecular weight excluding hydrogens is 399 g/mol. The molecule has 162 valence electrons. The van der Waals surface area contributed by atoms with Crippen LogP contribution in [0.2, 0.25) is 0 Å². The molecule has 2 fully saturated rings. The van der Waals surface area contributed by atoms with Crippen LogP contribution in [-0.2, 0) is 10.9 Å². The number of hydrogen-bond acceptors (Lipinski definition) is 6. The van der Waals surface area contributed by atoms with Crippen molar-refractivity contribution in [3.05, 3.63) is 22.5 Å². The van der Waals surface area contributed by atoms with E-state index in [9.17, 15) is 18.4 Å². The van der Waals surface area contributed by atoms with E-state index in [-0.39, 0.29) is 30.9 Å². The molecule has 1 saturated heterocycles. The van der Waals surface area contributed by atoms with Crippen molar-refractivity contribution in [1.29, 1.82) is 5.26 Å². The molecule has 7 nitrogen and oxygen atoms in total. The van der Waals surface area contributed by atoms with Gasteiger partial charge in [-0.3, -0.25) is 0 Å². The number of rotatable bonds is 5. The van der Waals surface area contributed by atoms with Crippen LogP contribution >= 0.6 is 0 Å². The molecule has 1 aliphatic heterocycles. The molecule has 0 radical (unpaired) electrons. The highest BCUT2D eigenvalue weighted by Crippen LogP contribution is 2.42. The van der Waals surface area contributed by atoms with Crippen LogP contribution in [0.1, 0.15) is 60.5 Å². The van der Waals surface area contributed by atoms with Gasteiger partial charge in [-0.1, -0.05) is 19.3 Å². The van der Waals surface area contributed by atoms with Gasteiger partial charge < -0.3 is 14.7 Å². The summed E-state index contributed by atoms with van der Waals surface area (Å²) in [6.45, 7) is 2.91. The number of nitriles is 1. The standard InChI is InChI=1S/C20H24F3N5O2/c1-12-16(13-5-3-2-4-6-13)19(27-10-14(11-27)30-8-7-29)28-18(25-12)15(9-24)17(26-28)20(21,22)23/h13-14,29H,2-8,10-11H2,1H3. The van der Waals surface area contributed by atoms with Crippen LogP contribution < -0.4 is 4.90 Å². The third-order valence-corrected chi connectivity index (χ3v) is 5.95. The average Bonchev–Trinajstić information content (AvgIpc) is 3.05. The first-order valence-electron chi connectivity index (χ1n) is 10.2. The van der Waals surface area contributed by atoms with Crippen molar-refractivity contribution in [2.75, 3.05) is 31.2 Å². The van der Waals surface area contributed by atoms with E-state index in [1.807, 2.05) is 4.90 Å². The van der Waals surface area contributed by atoms with Gasteiger partial charge >= 0.3 is 6.18 Å². The van der Waals surface area contributed by atoms with Crippen LogP contribution in [0.25, 0.3) is 5.65 Å². The van der Waals surface area contributed by atoms with Crippen LogP contribution in [0.4, 0.5) is 19.0 Å². The van der Waals surface area contributed by atoms with Crippen molar-refractivity contribution in [3.63, 3.8) is 0 Å². The first-order valence-corrected chi connectivity index (χ1v) is 10.2. The Labute approximate surface area is 172 Å². The maximum atomic E-state index is 13.5. The molecule has 30 heavy (non-hydrogen) atoms. The largest absolute Gasteiger partial charge is 0.436 e. The number of aliphatic hydroxyl groups is 1. The zero-order chi connectivity index (χ0) is 21.5. The molecule has 3 heterocycles. The Kier molecular flexibility index (Phi) is 5.59. The Morgan fingerprint density at radius 3 is 2.53 bits per heavy atom. The van der Waals surface area contributed by atoms with Crippen molar-refractivity contribution in [2.45, 2.75) is 57.2 Å². The van der Waals surface area contributed by atoms with Crippen LogP contribution in [0.15, 0.2) is 0 Å². The monoisotopic (exact) mass is 423 g/mol. The molecule has 1 saturated carbocycles. The van der Waals surface area contributed by atoms with Gasteiger partial charge in [0, 0.05) is 24.3 Å². The molecule has 4 rings (SSSR count). The lowest BCUT2D eigenvalue weighted by Crippen LogP contribution is -2.53. The highest BCUT2D eigenvalue weighted by atomic mass is 19.4. The summed E-state index contributed by atoms with van der Waals surface area (Å²) in [7, 11) is 0. The molecule has 0 unspecified atom stereocenters. The molecule has 0 aromatic carbocycles. The smallest absolute Gasteiger partial charge is 0.394 e. The molecular formula is C20H24F3N5O2. The Balaban J connectivity index is 1.86.